The SMILES string of the molecule is Cc1ncsc1CN1C[C@@H]2OCC[C@@H]2[C@@H](C(=O)N2CCCC2)C1. The number of carbonyl (C=O) groups excluding carboxylic acids is 1. The summed E-state index contributed by atoms with van der Waals surface area (Å²) in [4.78, 5) is 23.1. The van der Waals surface area contributed by atoms with E-state index in [4.69, 9.17) is 4.74 Å². The number of hydrogen-bond acceptors (Lipinski definition) is 5. The van der Waals surface area contributed by atoms with Gasteiger partial charge in [-0.1, -0.05) is 0 Å². The van der Waals surface area contributed by atoms with Crippen molar-refractivity contribution in [2.75, 3.05) is 32.8 Å². The maximum absolute atomic E-state index is 13.0. The van der Waals surface area contributed by atoms with Crippen molar-refractivity contribution >= 4 is 17.2 Å². The quantitative estimate of drug-likeness (QED) is 0.846. The van der Waals surface area contributed by atoms with Gasteiger partial charge in [-0.05, 0) is 26.2 Å². The molecule has 0 aliphatic carbocycles. The molecule has 0 bridgehead atoms. The number of piperidine rings is 1. The van der Waals surface area contributed by atoms with Crippen molar-refractivity contribution < 1.29 is 9.53 Å². The lowest BCUT2D eigenvalue weighted by molar-refractivity contribution is -0.140. The third-order valence-corrected chi connectivity index (χ3v) is 6.54. The second kappa shape index (κ2) is 6.49. The Morgan fingerprint density at radius 1 is 1.39 bits per heavy atom. The summed E-state index contributed by atoms with van der Waals surface area (Å²) in [7, 11) is 0. The second-order valence-corrected chi connectivity index (χ2v) is 8.00. The van der Waals surface area contributed by atoms with Crippen molar-refractivity contribution in [2.45, 2.75) is 38.8 Å². The molecule has 0 aromatic carbocycles. The van der Waals surface area contributed by atoms with Gasteiger partial charge in [0.05, 0.1) is 23.2 Å². The number of likely N-dealkylation sites (tertiary alicyclic amines) is 2. The predicted octanol–water partition coefficient (Wildman–Crippen LogP) is 1.91. The number of thiazole rings is 1. The fourth-order valence-electron chi connectivity index (χ4n) is 4.30. The molecule has 5 nitrogen and oxygen atoms in total. The summed E-state index contributed by atoms with van der Waals surface area (Å²) in [6.45, 7) is 7.49. The van der Waals surface area contributed by atoms with Crippen LogP contribution in [0, 0.1) is 18.8 Å². The zero-order chi connectivity index (χ0) is 15.8. The first-order valence-electron chi connectivity index (χ1n) is 8.74. The van der Waals surface area contributed by atoms with E-state index in [-0.39, 0.29) is 12.0 Å². The van der Waals surface area contributed by atoms with E-state index in [1.54, 1.807) is 11.3 Å². The van der Waals surface area contributed by atoms with Gasteiger partial charge >= 0.3 is 0 Å². The van der Waals surface area contributed by atoms with Gasteiger partial charge in [0.25, 0.3) is 0 Å². The Kier molecular flexibility index (Phi) is 4.39. The maximum atomic E-state index is 13.0. The van der Waals surface area contributed by atoms with E-state index in [1.807, 2.05) is 5.51 Å². The van der Waals surface area contributed by atoms with Gasteiger partial charge in [-0.25, -0.2) is 4.98 Å². The third kappa shape index (κ3) is 3.04. The largest absolute Gasteiger partial charge is 0.377 e. The molecule has 0 radical (unpaired) electrons. The molecule has 0 saturated carbocycles. The minimum Gasteiger partial charge on any atom is -0.377 e. The van der Waals surface area contributed by atoms with Crippen LogP contribution in [-0.2, 0) is 16.1 Å². The van der Waals surface area contributed by atoms with Crippen molar-refractivity contribution in [1.82, 2.24) is 14.8 Å². The van der Waals surface area contributed by atoms with Gasteiger partial charge < -0.3 is 9.64 Å². The van der Waals surface area contributed by atoms with Crippen LogP contribution in [-0.4, -0.2) is 59.6 Å². The monoisotopic (exact) mass is 335 g/mol. The number of ether oxygens (including phenoxy) is 1. The minimum absolute atomic E-state index is 0.113. The molecule has 4 heterocycles. The minimum atomic E-state index is 0.113. The molecule has 3 aliphatic rings. The molecule has 0 unspecified atom stereocenters. The van der Waals surface area contributed by atoms with Crippen LogP contribution in [0.3, 0.4) is 0 Å². The van der Waals surface area contributed by atoms with Gasteiger partial charge in [-0.3, -0.25) is 9.69 Å². The summed E-state index contributed by atoms with van der Waals surface area (Å²) in [5.41, 5.74) is 3.03. The van der Waals surface area contributed by atoms with Crippen molar-refractivity contribution in [2.24, 2.45) is 11.8 Å². The molecule has 0 spiro atoms. The van der Waals surface area contributed by atoms with E-state index in [0.29, 0.717) is 11.8 Å². The van der Waals surface area contributed by atoms with Gasteiger partial charge in [0, 0.05) is 50.1 Å². The van der Waals surface area contributed by atoms with E-state index < -0.39 is 0 Å². The Bertz CT molecular complexity index is 570. The van der Waals surface area contributed by atoms with Crippen LogP contribution in [0.15, 0.2) is 5.51 Å². The molecular formula is C17H25N3O2S. The fraction of sp³-hybridized carbons (Fsp3) is 0.765. The van der Waals surface area contributed by atoms with Crippen LogP contribution in [0.2, 0.25) is 0 Å². The predicted molar refractivity (Wildman–Crippen MR) is 89.3 cm³/mol. The lowest BCUT2D eigenvalue weighted by Gasteiger charge is -2.40. The van der Waals surface area contributed by atoms with Gasteiger partial charge in [-0.2, -0.15) is 0 Å². The number of amides is 1. The Morgan fingerprint density at radius 2 is 2.22 bits per heavy atom. The van der Waals surface area contributed by atoms with E-state index in [2.05, 4.69) is 21.7 Å². The van der Waals surface area contributed by atoms with Crippen LogP contribution < -0.4 is 0 Å². The zero-order valence-electron chi connectivity index (χ0n) is 13.7. The smallest absolute Gasteiger partial charge is 0.227 e. The zero-order valence-corrected chi connectivity index (χ0v) is 14.6. The molecule has 3 aliphatic heterocycles. The summed E-state index contributed by atoms with van der Waals surface area (Å²) in [5.74, 6) is 0.901. The van der Waals surface area contributed by atoms with Gasteiger partial charge in [-0.15, -0.1) is 11.3 Å². The van der Waals surface area contributed by atoms with Gasteiger partial charge in [0.1, 0.15) is 0 Å². The first-order chi connectivity index (χ1) is 11.2. The Balaban J connectivity index is 1.50. The van der Waals surface area contributed by atoms with E-state index in [9.17, 15) is 4.79 Å². The third-order valence-electron chi connectivity index (χ3n) is 5.62. The number of hydrogen-bond donors (Lipinski definition) is 0. The number of fused-ring (bicyclic) bond motifs is 1. The van der Waals surface area contributed by atoms with Crippen molar-refractivity contribution in [1.29, 1.82) is 0 Å². The summed E-state index contributed by atoms with van der Waals surface area (Å²) in [6.07, 6.45) is 3.59. The number of carbonyl (C=O) groups is 1. The molecule has 1 aromatic heterocycles. The molecule has 3 fully saturated rings. The Hall–Kier alpha value is -0.980. The molecular weight excluding hydrogens is 310 g/mol. The lowest BCUT2D eigenvalue weighted by atomic mass is 9.82. The molecule has 1 aromatic rings. The maximum Gasteiger partial charge on any atom is 0.227 e. The molecule has 6 heteroatoms. The topological polar surface area (TPSA) is 45.7 Å². The number of nitrogens with zero attached hydrogens (tertiary/aromatic N) is 3. The number of aromatic nitrogens is 1. The van der Waals surface area contributed by atoms with Gasteiger partial charge in [0.15, 0.2) is 0 Å². The summed E-state index contributed by atoms with van der Waals surface area (Å²) >= 11 is 1.71. The van der Waals surface area contributed by atoms with E-state index >= 15 is 0 Å². The average molecular weight is 335 g/mol. The normalized spacial score (nSPS) is 31.5. The first kappa shape index (κ1) is 15.5. The number of aryl methyl sites for hydroxylation is 1. The van der Waals surface area contributed by atoms with E-state index in [1.165, 1.54) is 4.88 Å². The van der Waals surface area contributed by atoms with Crippen molar-refractivity contribution in [3.8, 4) is 0 Å². The molecule has 4 rings (SSSR count). The van der Waals surface area contributed by atoms with Crippen LogP contribution in [0.1, 0.15) is 29.8 Å². The first-order valence-corrected chi connectivity index (χ1v) is 9.62. The highest BCUT2D eigenvalue weighted by Gasteiger charge is 2.45. The highest BCUT2D eigenvalue weighted by molar-refractivity contribution is 7.09. The molecule has 126 valence electrons. The van der Waals surface area contributed by atoms with Crippen molar-refractivity contribution in [3.05, 3.63) is 16.1 Å². The average Bonchev–Trinajstić information content (AvgIpc) is 3.28. The second-order valence-electron chi connectivity index (χ2n) is 7.06. The summed E-state index contributed by atoms with van der Waals surface area (Å²) < 4.78 is 5.95. The van der Waals surface area contributed by atoms with Crippen LogP contribution in [0.25, 0.3) is 0 Å². The van der Waals surface area contributed by atoms with Crippen LogP contribution in [0.5, 0.6) is 0 Å². The van der Waals surface area contributed by atoms with Crippen molar-refractivity contribution in [3.63, 3.8) is 0 Å². The Labute approximate surface area is 141 Å². The molecule has 23 heavy (non-hydrogen) atoms. The van der Waals surface area contributed by atoms with Crippen LogP contribution >= 0.6 is 11.3 Å². The molecule has 3 atom stereocenters. The number of rotatable bonds is 3. The molecule has 1 amide bonds. The highest BCUT2D eigenvalue weighted by Crippen LogP contribution is 2.36. The van der Waals surface area contributed by atoms with Gasteiger partial charge in [0.2, 0.25) is 5.91 Å². The summed E-state index contributed by atoms with van der Waals surface area (Å²) in [6, 6.07) is 0. The van der Waals surface area contributed by atoms with E-state index in [0.717, 1.165) is 64.3 Å². The summed E-state index contributed by atoms with van der Waals surface area (Å²) in [5, 5.41) is 0. The fourth-order valence-corrected chi connectivity index (χ4v) is 5.12. The highest BCUT2D eigenvalue weighted by atomic mass is 32.1. The standard InChI is InChI=1S/C17H25N3O2S/c1-12-16(23-11-18-12)10-19-8-14(13-4-7-22-15(13)9-19)17(21)20-5-2-3-6-20/h11,13-15H,2-10H2,1H3/t13-,14+,15+/m1/s1. The molecule has 0 N–H and O–H groups in total. The van der Waals surface area contributed by atoms with Crippen LogP contribution in [0.4, 0.5) is 0 Å². The molecule has 3 saturated heterocycles. The lowest BCUT2D eigenvalue weighted by Crippen LogP contribution is -2.52. The Morgan fingerprint density at radius 3 is 2.96 bits per heavy atom.